The van der Waals surface area contributed by atoms with Crippen molar-refractivity contribution >= 4 is 25.1 Å². The van der Waals surface area contributed by atoms with Gasteiger partial charge in [0.05, 0.1) is 23.2 Å². The molecular formula is C15H13F3N4OS. The summed E-state index contributed by atoms with van der Waals surface area (Å²) in [7, 11) is 0. The van der Waals surface area contributed by atoms with Gasteiger partial charge in [-0.3, -0.25) is 9.48 Å². The first-order valence-corrected chi connectivity index (χ1v) is 6.79. The molecule has 5 nitrogen and oxygen atoms in total. The summed E-state index contributed by atoms with van der Waals surface area (Å²) in [5.41, 5.74) is -0.887. The van der Waals surface area contributed by atoms with Crippen molar-refractivity contribution in [1.82, 2.24) is 9.78 Å². The summed E-state index contributed by atoms with van der Waals surface area (Å²) in [6.07, 6.45) is -3.11. The predicted octanol–water partition coefficient (Wildman–Crippen LogP) is 3.11. The Hall–Kier alpha value is -2.47. The highest BCUT2D eigenvalue weighted by Gasteiger charge is 2.35. The Balaban J connectivity index is 0.00000208. The third kappa shape index (κ3) is 2.85. The van der Waals surface area contributed by atoms with Crippen LogP contribution >= 0.6 is 13.5 Å². The number of hydrogen-bond donors (Lipinski definition) is 0. The molecule has 0 saturated heterocycles. The molecule has 1 atom stereocenters. The van der Waals surface area contributed by atoms with Crippen molar-refractivity contribution in [1.29, 1.82) is 5.26 Å². The number of anilines is 1. The fourth-order valence-electron chi connectivity index (χ4n) is 2.66. The maximum atomic E-state index is 12.9. The van der Waals surface area contributed by atoms with Crippen LogP contribution < -0.4 is 4.90 Å². The third-order valence-electron chi connectivity index (χ3n) is 3.74. The second-order valence-corrected chi connectivity index (χ2v) is 5.27. The summed E-state index contributed by atoms with van der Waals surface area (Å²) in [5.74, 6) is -0.357. The molecule has 0 spiro atoms. The number of aromatic nitrogens is 2. The molecule has 126 valence electrons. The maximum absolute atomic E-state index is 12.9. The molecule has 1 aliphatic heterocycles. The topological polar surface area (TPSA) is 61.9 Å². The highest BCUT2D eigenvalue weighted by atomic mass is 32.1. The number of carbonyl (C=O) groups is 1. The third-order valence-corrected chi connectivity index (χ3v) is 3.74. The molecule has 1 aliphatic rings. The van der Waals surface area contributed by atoms with Crippen molar-refractivity contribution in [3.05, 3.63) is 47.3 Å². The summed E-state index contributed by atoms with van der Waals surface area (Å²) in [6, 6.07) is 6.12. The van der Waals surface area contributed by atoms with Crippen LogP contribution in [0.2, 0.25) is 0 Å². The molecule has 0 fully saturated rings. The van der Waals surface area contributed by atoms with Crippen LogP contribution in [0.4, 0.5) is 18.9 Å². The molecule has 0 unspecified atom stereocenters. The van der Waals surface area contributed by atoms with E-state index in [1.165, 1.54) is 17.2 Å². The van der Waals surface area contributed by atoms with E-state index in [9.17, 15) is 18.0 Å². The van der Waals surface area contributed by atoms with Crippen LogP contribution in [0.15, 0.2) is 30.5 Å². The van der Waals surface area contributed by atoms with E-state index in [1.54, 1.807) is 16.8 Å². The molecule has 9 heteroatoms. The van der Waals surface area contributed by atoms with Crippen LogP contribution in [0, 0.1) is 11.3 Å². The van der Waals surface area contributed by atoms with Crippen molar-refractivity contribution in [3.63, 3.8) is 0 Å². The van der Waals surface area contributed by atoms with Gasteiger partial charge in [0, 0.05) is 18.4 Å². The molecule has 0 radical (unpaired) electrons. The highest BCUT2D eigenvalue weighted by molar-refractivity contribution is 7.59. The maximum Gasteiger partial charge on any atom is 0.417 e. The molecule has 0 saturated carbocycles. The number of carbonyl (C=O) groups excluding carboxylic acids is 1. The fraction of sp³-hybridized carbons (Fsp3) is 0.267. The Morgan fingerprint density at radius 3 is 2.67 bits per heavy atom. The van der Waals surface area contributed by atoms with Gasteiger partial charge in [0.2, 0.25) is 0 Å². The van der Waals surface area contributed by atoms with E-state index >= 15 is 0 Å². The Morgan fingerprint density at radius 2 is 2.04 bits per heavy atom. The average molecular weight is 354 g/mol. The van der Waals surface area contributed by atoms with Crippen LogP contribution in [0.25, 0.3) is 0 Å². The first-order valence-electron chi connectivity index (χ1n) is 6.79. The van der Waals surface area contributed by atoms with Gasteiger partial charge in [0.15, 0.2) is 0 Å². The van der Waals surface area contributed by atoms with Gasteiger partial charge in [0.25, 0.3) is 5.91 Å². The van der Waals surface area contributed by atoms with E-state index in [0.717, 1.165) is 12.1 Å². The van der Waals surface area contributed by atoms with E-state index in [-0.39, 0.29) is 37.7 Å². The van der Waals surface area contributed by atoms with Gasteiger partial charge in [0.1, 0.15) is 5.69 Å². The monoisotopic (exact) mass is 354 g/mol. The van der Waals surface area contributed by atoms with Crippen LogP contribution in [0.3, 0.4) is 0 Å². The largest absolute Gasteiger partial charge is 0.417 e. The zero-order chi connectivity index (χ0) is 16.8. The molecular weight excluding hydrogens is 341 g/mol. The normalized spacial score (nSPS) is 17.0. The molecule has 24 heavy (non-hydrogen) atoms. The van der Waals surface area contributed by atoms with Gasteiger partial charge in [-0.25, -0.2) is 0 Å². The van der Waals surface area contributed by atoms with Crippen molar-refractivity contribution < 1.29 is 18.0 Å². The molecule has 2 aromatic rings. The van der Waals surface area contributed by atoms with Crippen LogP contribution in [0.5, 0.6) is 0 Å². The molecule has 1 aromatic heterocycles. The lowest BCUT2D eigenvalue weighted by molar-refractivity contribution is -0.137. The number of benzene rings is 1. The second kappa shape index (κ2) is 6.20. The van der Waals surface area contributed by atoms with Crippen LogP contribution in [-0.4, -0.2) is 22.2 Å². The number of nitrogens with zero attached hydrogens (tertiary/aromatic N) is 4. The van der Waals surface area contributed by atoms with Crippen molar-refractivity contribution in [2.24, 2.45) is 0 Å². The SMILES string of the molecule is C[C@H]1CN(c2ccc(C(F)(F)F)c(C#N)c2)C(=O)c2ccnn21.S. The smallest absolute Gasteiger partial charge is 0.305 e. The van der Waals surface area contributed by atoms with Gasteiger partial charge in [-0.05, 0) is 31.2 Å². The van der Waals surface area contributed by atoms with Crippen molar-refractivity contribution in [2.75, 3.05) is 11.4 Å². The minimum absolute atomic E-state index is 0. The molecule has 1 aromatic carbocycles. The first kappa shape index (κ1) is 17.9. The lowest BCUT2D eigenvalue weighted by Crippen LogP contribution is -2.42. The lowest BCUT2D eigenvalue weighted by Gasteiger charge is -2.32. The molecule has 3 rings (SSSR count). The van der Waals surface area contributed by atoms with E-state index < -0.39 is 17.3 Å². The summed E-state index contributed by atoms with van der Waals surface area (Å²) in [6.45, 7) is 2.12. The highest BCUT2D eigenvalue weighted by Crippen LogP contribution is 2.35. The standard InChI is InChI=1S/C15H11F3N4O.H2S/c1-9-8-21(14(23)13-4-5-20-22(9)13)11-2-3-12(15(16,17)18)10(6-11)7-19;/h2-6,9H,8H2,1H3;1H2/t9-;/m0./s1. The Bertz CT molecular complexity index is 825. The van der Waals surface area contributed by atoms with Gasteiger partial charge in [-0.15, -0.1) is 0 Å². The summed E-state index contributed by atoms with van der Waals surface area (Å²) >= 11 is 0. The summed E-state index contributed by atoms with van der Waals surface area (Å²) < 4.78 is 40.2. The predicted molar refractivity (Wildman–Crippen MR) is 85.2 cm³/mol. The Labute approximate surface area is 142 Å². The Morgan fingerprint density at radius 1 is 1.33 bits per heavy atom. The van der Waals surface area contributed by atoms with Gasteiger partial charge in [-0.1, -0.05) is 0 Å². The minimum atomic E-state index is -4.61. The van der Waals surface area contributed by atoms with Gasteiger partial charge >= 0.3 is 6.18 Å². The van der Waals surface area contributed by atoms with E-state index in [4.69, 9.17) is 5.26 Å². The number of hydrogen-bond acceptors (Lipinski definition) is 3. The van der Waals surface area contributed by atoms with E-state index in [1.807, 2.05) is 6.92 Å². The molecule has 2 heterocycles. The Kier molecular flexibility index (Phi) is 4.62. The lowest BCUT2D eigenvalue weighted by atomic mass is 10.1. The number of nitriles is 1. The summed E-state index contributed by atoms with van der Waals surface area (Å²) in [4.78, 5) is 13.8. The number of amides is 1. The van der Waals surface area contributed by atoms with Crippen LogP contribution in [0.1, 0.15) is 34.6 Å². The second-order valence-electron chi connectivity index (χ2n) is 5.27. The summed E-state index contributed by atoms with van der Waals surface area (Å²) in [5, 5.41) is 13.0. The number of halogens is 3. The number of rotatable bonds is 1. The van der Waals surface area contributed by atoms with Crippen molar-refractivity contribution in [2.45, 2.75) is 19.1 Å². The molecule has 0 bridgehead atoms. The van der Waals surface area contributed by atoms with Gasteiger partial charge in [-0.2, -0.15) is 37.0 Å². The first-order chi connectivity index (χ1) is 10.8. The quantitative estimate of drug-likeness (QED) is 0.791. The van der Waals surface area contributed by atoms with E-state index in [2.05, 4.69) is 5.10 Å². The number of fused-ring (bicyclic) bond motifs is 1. The van der Waals surface area contributed by atoms with Crippen LogP contribution in [-0.2, 0) is 6.18 Å². The number of alkyl halides is 3. The van der Waals surface area contributed by atoms with Gasteiger partial charge < -0.3 is 4.90 Å². The zero-order valence-electron chi connectivity index (χ0n) is 12.5. The fourth-order valence-corrected chi connectivity index (χ4v) is 2.66. The molecule has 0 N–H and O–H groups in total. The zero-order valence-corrected chi connectivity index (χ0v) is 13.5. The van der Waals surface area contributed by atoms with E-state index in [0.29, 0.717) is 5.69 Å². The molecule has 0 aliphatic carbocycles. The minimum Gasteiger partial charge on any atom is -0.305 e. The average Bonchev–Trinajstić information content (AvgIpc) is 2.99. The van der Waals surface area contributed by atoms with Crippen molar-refractivity contribution in [3.8, 4) is 6.07 Å². The molecule has 1 amide bonds.